The Bertz CT molecular complexity index is 1390. The first-order valence-corrected chi connectivity index (χ1v) is 10.9. The minimum absolute atomic E-state index is 0.916. The Kier molecular flexibility index (Phi) is 3.45. The molecule has 0 spiro atoms. The van der Waals surface area contributed by atoms with Crippen molar-refractivity contribution in [1.29, 1.82) is 0 Å². The molecule has 0 fully saturated rings. The summed E-state index contributed by atoms with van der Waals surface area (Å²) < 4.78 is 6.64. The van der Waals surface area contributed by atoms with Crippen molar-refractivity contribution in [3.8, 4) is 22.6 Å². The van der Waals surface area contributed by atoms with Gasteiger partial charge in [0, 0.05) is 35.1 Å². The molecule has 1 heterocycles. The van der Waals surface area contributed by atoms with Crippen molar-refractivity contribution < 1.29 is 4.42 Å². The molecule has 0 saturated carbocycles. The molecule has 146 valence electrons. The van der Waals surface area contributed by atoms with Crippen LogP contribution in [0.4, 0.5) is 0 Å². The van der Waals surface area contributed by atoms with Gasteiger partial charge in [0.1, 0.15) is 11.5 Å². The van der Waals surface area contributed by atoms with Crippen LogP contribution in [0.15, 0.2) is 101 Å². The second kappa shape index (κ2) is 6.33. The third kappa shape index (κ3) is 2.38. The van der Waals surface area contributed by atoms with Crippen molar-refractivity contribution in [2.24, 2.45) is 0 Å². The molecule has 0 unspecified atom stereocenters. The molecular weight excluding hydrogens is 376 g/mol. The highest BCUT2D eigenvalue weighted by molar-refractivity contribution is 6.15. The average Bonchev–Trinajstić information content (AvgIpc) is 3.37. The first-order valence-electron chi connectivity index (χ1n) is 10.9. The third-order valence-electron chi connectivity index (χ3n) is 6.81. The largest absolute Gasteiger partial charge is 0.455 e. The van der Waals surface area contributed by atoms with Crippen LogP contribution >= 0.6 is 0 Å². The van der Waals surface area contributed by atoms with Crippen molar-refractivity contribution in [3.63, 3.8) is 0 Å². The Balaban J connectivity index is 1.48. The number of hydrogen-bond acceptors (Lipinski definition) is 1. The van der Waals surface area contributed by atoms with Crippen LogP contribution in [-0.2, 0) is 12.8 Å². The van der Waals surface area contributed by atoms with Crippen LogP contribution in [0.3, 0.4) is 0 Å². The average molecular weight is 396 g/mol. The van der Waals surface area contributed by atoms with Gasteiger partial charge < -0.3 is 4.42 Å². The van der Waals surface area contributed by atoms with E-state index < -0.39 is 0 Å². The lowest BCUT2D eigenvalue weighted by atomic mass is 9.83. The predicted molar refractivity (Wildman–Crippen MR) is 128 cm³/mol. The molecule has 2 aliphatic carbocycles. The standard InChI is InChI=1S/C30H20O/c1-3-9-20(10-4-1)29-26-17-24-22-15-7-13-19-14-8-16-23(28(19)22)25(24)18-27(26)30(31-29)21-11-5-2-6-12-21/h1-16H,17-18H2. The zero-order valence-electron chi connectivity index (χ0n) is 17.1. The third-order valence-corrected chi connectivity index (χ3v) is 6.81. The van der Waals surface area contributed by atoms with Crippen molar-refractivity contribution in [1.82, 2.24) is 0 Å². The molecule has 2 aliphatic rings. The topological polar surface area (TPSA) is 13.1 Å². The van der Waals surface area contributed by atoms with Gasteiger partial charge in [-0.1, -0.05) is 97.1 Å². The summed E-state index contributed by atoms with van der Waals surface area (Å²) in [5.41, 5.74) is 10.7. The van der Waals surface area contributed by atoms with Crippen molar-refractivity contribution in [2.75, 3.05) is 0 Å². The van der Waals surface area contributed by atoms with Gasteiger partial charge in [-0.3, -0.25) is 0 Å². The summed E-state index contributed by atoms with van der Waals surface area (Å²) >= 11 is 0. The second-order valence-electron chi connectivity index (χ2n) is 8.47. The quantitative estimate of drug-likeness (QED) is 0.297. The molecule has 5 aromatic rings. The number of hydrogen-bond donors (Lipinski definition) is 0. The van der Waals surface area contributed by atoms with Crippen molar-refractivity contribution in [2.45, 2.75) is 12.8 Å². The number of allylic oxidation sites excluding steroid dienone is 2. The molecule has 31 heavy (non-hydrogen) atoms. The van der Waals surface area contributed by atoms with E-state index in [-0.39, 0.29) is 0 Å². The zero-order chi connectivity index (χ0) is 20.4. The molecule has 1 nitrogen and oxygen atoms in total. The molecule has 1 heteroatoms. The van der Waals surface area contributed by atoms with Crippen LogP contribution in [0.5, 0.6) is 0 Å². The molecule has 1 aromatic heterocycles. The molecular formula is C30H20O. The van der Waals surface area contributed by atoms with Gasteiger partial charge in [0.25, 0.3) is 0 Å². The predicted octanol–water partition coefficient (Wildman–Crippen LogP) is 7.79. The second-order valence-corrected chi connectivity index (χ2v) is 8.47. The van der Waals surface area contributed by atoms with Gasteiger partial charge in [-0.15, -0.1) is 0 Å². The molecule has 0 aliphatic heterocycles. The minimum atomic E-state index is 0.916. The molecule has 0 atom stereocenters. The maximum Gasteiger partial charge on any atom is 0.138 e. The van der Waals surface area contributed by atoms with Gasteiger partial charge in [-0.05, 0) is 33.0 Å². The fraction of sp³-hybridized carbons (Fsp3) is 0.0667. The summed E-state index contributed by atoms with van der Waals surface area (Å²) in [6.07, 6.45) is 1.83. The van der Waals surface area contributed by atoms with E-state index in [0.29, 0.717) is 0 Å². The normalized spacial score (nSPS) is 14.1. The number of fused-ring (bicyclic) bond motifs is 3. The maximum absolute atomic E-state index is 6.64. The lowest BCUT2D eigenvalue weighted by Crippen LogP contribution is -2.04. The van der Waals surface area contributed by atoms with Crippen LogP contribution in [0, 0.1) is 0 Å². The molecule has 7 rings (SSSR count). The minimum Gasteiger partial charge on any atom is -0.455 e. The van der Waals surface area contributed by atoms with E-state index in [1.165, 1.54) is 44.2 Å². The summed E-state index contributed by atoms with van der Waals surface area (Å²) in [5, 5.41) is 2.75. The lowest BCUT2D eigenvalue weighted by molar-refractivity contribution is 0.593. The molecule has 0 amide bonds. The van der Waals surface area contributed by atoms with E-state index in [4.69, 9.17) is 4.42 Å². The highest BCUT2D eigenvalue weighted by atomic mass is 16.3. The molecule has 0 bridgehead atoms. The maximum atomic E-state index is 6.64. The fourth-order valence-corrected chi connectivity index (χ4v) is 5.45. The van der Waals surface area contributed by atoms with Gasteiger partial charge in [0.05, 0.1) is 0 Å². The molecule has 0 saturated heterocycles. The van der Waals surface area contributed by atoms with Crippen LogP contribution in [0.25, 0.3) is 44.6 Å². The van der Waals surface area contributed by atoms with Gasteiger partial charge in [0.15, 0.2) is 0 Å². The van der Waals surface area contributed by atoms with Gasteiger partial charge in [-0.2, -0.15) is 0 Å². The molecule has 0 radical (unpaired) electrons. The Morgan fingerprint density at radius 1 is 0.484 bits per heavy atom. The van der Waals surface area contributed by atoms with Crippen LogP contribution < -0.4 is 0 Å². The van der Waals surface area contributed by atoms with Crippen molar-refractivity contribution >= 4 is 21.9 Å². The zero-order valence-corrected chi connectivity index (χ0v) is 17.1. The Hall–Kier alpha value is -3.84. The van der Waals surface area contributed by atoms with E-state index in [1.807, 2.05) is 0 Å². The summed E-state index contributed by atoms with van der Waals surface area (Å²) in [4.78, 5) is 0. The van der Waals surface area contributed by atoms with Crippen molar-refractivity contribution in [3.05, 3.63) is 119 Å². The number of rotatable bonds is 2. The summed E-state index contributed by atoms with van der Waals surface area (Å²) in [7, 11) is 0. The smallest absolute Gasteiger partial charge is 0.138 e. The Labute approximate surface area is 181 Å². The van der Waals surface area contributed by atoms with Crippen LogP contribution in [-0.4, -0.2) is 0 Å². The molecule has 0 N–H and O–H groups in total. The molecule has 4 aromatic carbocycles. The Morgan fingerprint density at radius 2 is 0.968 bits per heavy atom. The van der Waals surface area contributed by atoms with E-state index in [0.717, 1.165) is 35.5 Å². The van der Waals surface area contributed by atoms with E-state index in [9.17, 15) is 0 Å². The van der Waals surface area contributed by atoms with Crippen LogP contribution in [0.2, 0.25) is 0 Å². The van der Waals surface area contributed by atoms with Crippen LogP contribution in [0.1, 0.15) is 22.3 Å². The lowest BCUT2D eigenvalue weighted by Gasteiger charge is -2.18. The SMILES string of the molecule is c1ccc(-c2oc(-c3ccccc3)c3c2CC2=C(C3)c3cccc4cccc2c34)cc1. The number of benzene rings is 4. The first kappa shape index (κ1) is 16.9. The summed E-state index contributed by atoms with van der Waals surface area (Å²) in [6.45, 7) is 0. The monoisotopic (exact) mass is 396 g/mol. The van der Waals surface area contributed by atoms with Gasteiger partial charge in [-0.25, -0.2) is 0 Å². The van der Waals surface area contributed by atoms with E-state index in [1.54, 1.807) is 0 Å². The van der Waals surface area contributed by atoms with Gasteiger partial charge in [0.2, 0.25) is 0 Å². The van der Waals surface area contributed by atoms with Gasteiger partial charge >= 0.3 is 0 Å². The fourth-order valence-electron chi connectivity index (χ4n) is 5.45. The Morgan fingerprint density at radius 3 is 1.45 bits per heavy atom. The van der Waals surface area contributed by atoms with E-state index >= 15 is 0 Å². The first-order chi connectivity index (χ1) is 15.4. The highest BCUT2D eigenvalue weighted by Crippen LogP contribution is 2.51. The number of furan rings is 1. The highest BCUT2D eigenvalue weighted by Gasteiger charge is 2.33. The summed E-state index contributed by atoms with van der Waals surface area (Å²) in [5.74, 6) is 2.04. The van der Waals surface area contributed by atoms with E-state index in [2.05, 4.69) is 97.1 Å². The summed E-state index contributed by atoms with van der Waals surface area (Å²) in [6, 6.07) is 34.5.